The Balaban J connectivity index is 0.000000211. The van der Waals surface area contributed by atoms with E-state index in [1.807, 2.05) is 16.7 Å². The summed E-state index contributed by atoms with van der Waals surface area (Å²) < 4.78 is 153. The number of rotatable bonds is 9. The van der Waals surface area contributed by atoms with Crippen molar-refractivity contribution in [2.24, 2.45) is 0 Å². The number of sulfonamides is 2. The van der Waals surface area contributed by atoms with Crippen molar-refractivity contribution in [2.45, 2.75) is 36.0 Å². The highest BCUT2D eigenvalue weighted by Gasteiger charge is 2.40. The number of aryl methyl sites for hydroxylation is 2. The first-order valence-corrected chi connectivity index (χ1v) is 18.6. The van der Waals surface area contributed by atoms with Gasteiger partial charge in [-0.2, -0.15) is 36.5 Å². The van der Waals surface area contributed by atoms with Gasteiger partial charge in [0.15, 0.2) is 11.6 Å². The van der Waals surface area contributed by atoms with Gasteiger partial charge in [-0.1, -0.05) is 60.2 Å². The number of benzene rings is 4. The number of halogens is 7. The highest BCUT2D eigenvalue weighted by atomic mass is 32.2. The van der Waals surface area contributed by atoms with Crippen molar-refractivity contribution in [1.82, 2.24) is 20.4 Å². The summed E-state index contributed by atoms with van der Waals surface area (Å²) in [6.07, 6.45) is -9.60. The van der Waals surface area contributed by atoms with Crippen molar-refractivity contribution in [2.75, 3.05) is 16.6 Å². The zero-order chi connectivity index (χ0) is 40.3. The van der Waals surface area contributed by atoms with Crippen LogP contribution < -0.4 is 14.2 Å². The number of nitrogens with one attached hydrogen (secondary N) is 4. The molecule has 0 radical (unpaired) electrons. The van der Waals surface area contributed by atoms with E-state index in [1.54, 1.807) is 36.3 Å². The van der Waals surface area contributed by atoms with Crippen LogP contribution in [0, 0.1) is 19.7 Å². The van der Waals surface area contributed by atoms with Crippen LogP contribution in [0.4, 0.5) is 42.4 Å². The van der Waals surface area contributed by atoms with Crippen LogP contribution in [0.1, 0.15) is 22.5 Å². The fourth-order valence-electron chi connectivity index (χ4n) is 5.30. The largest absolute Gasteiger partial charge is 0.496 e. The molecule has 55 heavy (non-hydrogen) atoms. The SMILES string of the molecule is COc1cc(F)ccc1-c1c(NS(=O)(=O)c2ccccc2)n[nH]c1C(F)(F)F.Cc1ccc(-c2c(NS(=O)(=O)c3ccccc3)n[nH]c2C(F)(F)F)c(C)c1. The van der Waals surface area contributed by atoms with E-state index in [0.29, 0.717) is 5.56 Å². The van der Waals surface area contributed by atoms with Crippen LogP contribution in [-0.2, 0) is 32.4 Å². The van der Waals surface area contributed by atoms with Gasteiger partial charge in [-0.15, -0.1) is 0 Å². The molecule has 0 atom stereocenters. The smallest absolute Gasteiger partial charge is 0.433 e. The van der Waals surface area contributed by atoms with Crippen LogP contribution in [0.3, 0.4) is 0 Å². The van der Waals surface area contributed by atoms with Gasteiger partial charge in [-0.05, 0) is 61.4 Å². The molecule has 0 fully saturated rings. The van der Waals surface area contributed by atoms with Crippen molar-refractivity contribution < 1.29 is 52.3 Å². The third-order valence-electron chi connectivity index (χ3n) is 7.75. The molecule has 0 aliphatic rings. The minimum Gasteiger partial charge on any atom is -0.496 e. The number of ether oxygens (including phenoxy) is 1. The van der Waals surface area contributed by atoms with Crippen molar-refractivity contribution >= 4 is 31.7 Å². The minimum absolute atomic E-state index is 0.0758. The van der Waals surface area contributed by atoms with Gasteiger partial charge in [0.05, 0.1) is 28.0 Å². The number of anilines is 2. The molecule has 0 aliphatic carbocycles. The standard InChI is InChI=1S/C18H16F3N3O2S.C17H13F4N3O3S/c1-11-8-9-14(12(2)10-11)15-16(18(19,20)21)22-23-17(15)24-27(25,26)13-6-4-3-5-7-13;1-27-13-9-10(18)7-8-12(13)14-15(17(19,20)21)22-23-16(14)24-28(25,26)11-5-3-2-4-6-11/h3-10H,1-2H3,(H2,22,23,24);2-9H,1H3,(H2,22,23,24). The second-order valence-corrected chi connectivity index (χ2v) is 15.0. The van der Waals surface area contributed by atoms with Crippen LogP contribution in [-0.4, -0.2) is 44.3 Å². The van der Waals surface area contributed by atoms with E-state index in [4.69, 9.17) is 4.74 Å². The molecule has 290 valence electrons. The van der Waals surface area contributed by atoms with E-state index in [0.717, 1.165) is 30.9 Å². The third-order valence-corrected chi connectivity index (χ3v) is 10.5. The lowest BCUT2D eigenvalue weighted by Gasteiger charge is -2.13. The van der Waals surface area contributed by atoms with E-state index < -0.39 is 66.8 Å². The van der Waals surface area contributed by atoms with Crippen LogP contribution in [0.2, 0.25) is 0 Å². The molecule has 0 bridgehead atoms. The highest BCUT2D eigenvalue weighted by molar-refractivity contribution is 7.93. The average Bonchev–Trinajstić information content (AvgIpc) is 3.73. The lowest BCUT2D eigenvalue weighted by Crippen LogP contribution is -2.14. The van der Waals surface area contributed by atoms with Gasteiger partial charge in [-0.25, -0.2) is 21.2 Å². The third kappa shape index (κ3) is 9.08. The quantitative estimate of drug-likeness (QED) is 0.107. The van der Waals surface area contributed by atoms with Crippen molar-refractivity contribution in [3.63, 3.8) is 0 Å². The Kier molecular flexibility index (Phi) is 11.3. The summed E-state index contributed by atoms with van der Waals surface area (Å²) in [6.45, 7) is 3.47. The second kappa shape index (κ2) is 15.5. The van der Waals surface area contributed by atoms with E-state index >= 15 is 0 Å². The van der Waals surface area contributed by atoms with Gasteiger partial charge in [0.1, 0.15) is 23.0 Å². The number of H-pyrrole nitrogens is 2. The van der Waals surface area contributed by atoms with Gasteiger partial charge < -0.3 is 4.74 Å². The zero-order valence-electron chi connectivity index (χ0n) is 28.6. The van der Waals surface area contributed by atoms with Gasteiger partial charge in [0.2, 0.25) is 0 Å². The first kappa shape index (κ1) is 40.3. The summed E-state index contributed by atoms with van der Waals surface area (Å²) in [5, 5.41) is 10.8. The monoisotopic (exact) mass is 810 g/mol. The van der Waals surface area contributed by atoms with Crippen molar-refractivity contribution in [1.29, 1.82) is 0 Å². The normalized spacial score (nSPS) is 12.1. The summed E-state index contributed by atoms with van der Waals surface area (Å²) in [7, 11) is -7.16. The Morgan fingerprint density at radius 1 is 0.618 bits per heavy atom. The molecular formula is C35H29F7N6O5S2. The molecule has 0 aliphatic heterocycles. The van der Waals surface area contributed by atoms with Gasteiger partial charge in [-0.3, -0.25) is 19.6 Å². The summed E-state index contributed by atoms with van der Waals surface area (Å²) in [6, 6.07) is 22.2. The highest BCUT2D eigenvalue weighted by Crippen LogP contribution is 2.44. The molecule has 4 aromatic carbocycles. The molecule has 2 aromatic heterocycles. The summed E-state index contributed by atoms with van der Waals surface area (Å²) in [5.74, 6) is -1.95. The average molecular weight is 811 g/mol. The molecule has 20 heteroatoms. The topological polar surface area (TPSA) is 159 Å². The maximum Gasteiger partial charge on any atom is 0.433 e. The molecule has 6 aromatic rings. The van der Waals surface area contributed by atoms with Gasteiger partial charge >= 0.3 is 12.4 Å². The minimum atomic E-state index is -4.88. The molecule has 11 nitrogen and oxygen atoms in total. The molecule has 0 unspecified atom stereocenters. The van der Waals surface area contributed by atoms with Crippen molar-refractivity contribution in [3.05, 3.63) is 125 Å². The van der Waals surface area contributed by atoms with Crippen LogP contribution in [0.15, 0.2) is 107 Å². The van der Waals surface area contributed by atoms with E-state index in [-0.39, 0.29) is 32.2 Å². The number of hydrogen-bond acceptors (Lipinski definition) is 7. The predicted molar refractivity (Wildman–Crippen MR) is 189 cm³/mol. The fraction of sp³-hybridized carbons (Fsp3) is 0.143. The lowest BCUT2D eigenvalue weighted by molar-refractivity contribution is -0.141. The molecule has 2 heterocycles. The molecule has 6 rings (SSSR count). The first-order chi connectivity index (χ1) is 25.7. The van der Waals surface area contributed by atoms with Crippen LogP contribution in [0.5, 0.6) is 5.75 Å². The molecule has 0 saturated carbocycles. The maximum atomic E-state index is 13.5. The van der Waals surface area contributed by atoms with Gasteiger partial charge in [0, 0.05) is 11.6 Å². The van der Waals surface area contributed by atoms with E-state index in [2.05, 4.69) is 14.9 Å². The first-order valence-electron chi connectivity index (χ1n) is 15.6. The number of hydrogen-bond donors (Lipinski definition) is 4. The number of nitrogens with zero attached hydrogens (tertiary/aromatic N) is 2. The van der Waals surface area contributed by atoms with E-state index in [1.165, 1.54) is 54.6 Å². The molecule has 0 amide bonds. The summed E-state index contributed by atoms with van der Waals surface area (Å²) >= 11 is 0. The van der Waals surface area contributed by atoms with Crippen LogP contribution in [0.25, 0.3) is 22.3 Å². The molecule has 0 spiro atoms. The number of alkyl halides is 6. The zero-order valence-corrected chi connectivity index (χ0v) is 30.3. The number of aromatic nitrogens is 4. The van der Waals surface area contributed by atoms with Crippen molar-refractivity contribution in [3.8, 4) is 28.0 Å². The number of aromatic amines is 2. The Labute approximate surface area is 309 Å². The Morgan fingerprint density at radius 2 is 1.05 bits per heavy atom. The lowest BCUT2D eigenvalue weighted by atomic mass is 9.98. The molecule has 4 N–H and O–H groups in total. The Bertz CT molecular complexity index is 2520. The Morgan fingerprint density at radius 3 is 1.47 bits per heavy atom. The van der Waals surface area contributed by atoms with E-state index in [9.17, 15) is 47.6 Å². The summed E-state index contributed by atoms with van der Waals surface area (Å²) in [4.78, 5) is -0.239. The molecule has 0 saturated heterocycles. The summed E-state index contributed by atoms with van der Waals surface area (Å²) in [5.41, 5.74) is -1.85. The fourth-order valence-corrected chi connectivity index (χ4v) is 7.37. The van der Waals surface area contributed by atoms with Crippen LogP contribution >= 0.6 is 0 Å². The number of methoxy groups -OCH3 is 1. The molecular weight excluding hydrogens is 782 g/mol. The van der Waals surface area contributed by atoms with Gasteiger partial charge in [0.25, 0.3) is 20.0 Å². The second-order valence-electron chi connectivity index (χ2n) is 11.6. The predicted octanol–water partition coefficient (Wildman–Crippen LogP) is 8.56. The maximum absolute atomic E-state index is 13.5. The Hall–Kier alpha value is -5.89.